The molecule has 11 heteroatoms. The van der Waals surface area contributed by atoms with Gasteiger partial charge in [0.2, 0.25) is 0 Å². The van der Waals surface area contributed by atoms with Crippen molar-refractivity contribution in [2.75, 3.05) is 12.4 Å². The second-order valence-electron chi connectivity index (χ2n) is 4.98. The smallest absolute Gasteiger partial charge is 0.748 e. The Morgan fingerprint density at radius 3 is 1.74 bits per heavy atom. The molecule has 0 saturated heterocycles. The molecule has 0 aliphatic carbocycles. The van der Waals surface area contributed by atoms with E-state index in [0.29, 0.717) is 12.8 Å². The van der Waals surface area contributed by atoms with Crippen LogP contribution in [0, 0.1) is 0 Å². The van der Waals surface area contributed by atoms with Crippen LogP contribution in [0.1, 0.15) is 32.1 Å². The van der Waals surface area contributed by atoms with Crippen LogP contribution in [0.3, 0.4) is 0 Å². The minimum Gasteiger partial charge on any atom is -0.748 e. The summed E-state index contributed by atoms with van der Waals surface area (Å²) in [6.07, 6.45) is -14.1. The van der Waals surface area contributed by atoms with Crippen molar-refractivity contribution >= 4 is 10.1 Å². The van der Waals surface area contributed by atoms with Crippen LogP contribution in [0.5, 0.6) is 0 Å². The third-order valence-electron chi connectivity index (χ3n) is 3.03. The van der Waals surface area contributed by atoms with Crippen molar-refractivity contribution in [3.63, 3.8) is 0 Å². The molecular weight excluding hydrogens is 377 g/mol. The topological polar surface area (TPSA) is 57.2 Å². The van der Waals surface area contributed by atoms with Gasteiger partial charge in [-0.1, -0.05) is 19.3 Å². The number of alkyl halides is 6. The third-order valence-corrected chi connectivity index (χ3v) is 3.75. The van der Waals surface area contributed by atoms with Gasteiger partial charge in [-0.05, 0) is 12.8 Å². The summed E-state index contributed by atoms with van der Waals surface area (Å²) in [5.74, 6) is -1.85. The van der Waals surface area contributed by atoms with Crippen molar-refractivity contribution in [2.45, 2.75) is 63.0 Å². The first-order valence-electron chi connectivity index (χ1n) is 6.80. The molecule has 0 radical (unpaired) electrons. The monoisotopic (exact) mass is 396 g/mol. The Morgan fingerprint density at radius 2 is 1.26 bits per heavy atom. The standard InChI is InChI=1S/C12H20F6O3S.K/c13-6-4-2-1-3-5-8(14)10(16)12(18)11(17)9(15)7-22(19,20)21;/h8-12H,1-7H2,(H,19,20,21);/q;+1/p-1. The molecule has 0 aromatic carbocycles. The van der Waals surface area contributed by atoms with Crippen LogP contribution < -0.4 is 51.4 Å². The molecule has 0 saturated carbocycles. The van der Waals surface area contributed by atoms with Crippen molar-refractivity contribution in [3.8, 4) is 0 Å². The molecule has 0 aliphatic rings. The molecule has 0 rings (SSSR count). The number of hydrogen-bond acceptors (Lipinski definition) is 3. The first-order chi connectivity index (χ1) is 10.1. The summed E-state index contributed by atoms with van der Waals surface area (Å²) in [4.78, 5) is 0. The Kier molecular flexibility index (Phi) is 15.3. The first-order valence-corrected chi connectivity index (χ1v) is 8.37. The molecular formula is C12H19F6KO3S. The first kappa shape index (κ1) is 26.4. The van der Waals surface area contributed by atoms with Gasteiger partial charge in [-0.2, -0.15) is 0 Å². The van der Waals surface area contributed by atoms with Crippen LogP contribution >= 0.6 is 0 Å². The normalized spacial score (nSPS) is 18.6. The molecule has 0 aliphatic heterocycles. The van der Waals surface area contributed by atoms with Gasteiger partial charge in [0.1, 0.15) is 12.3 Å². The van der Waals surface area contributed by atoms with Crippen LogP contribution in [0.2, 0.25) is 0 Å². The van der Waals surface area contributed by atoms with E-state index in [4.69, 9.17) is 0 Å². The Morgan fingerprint density at radius 1 is 0.783 bits per heavy atom. The quantitative estimate of drug-likeness (QED) is 0.204. The number of unbranched alkanes of at least 4 members (excludes halogenated alkanes) is 3. The summed E-state index contributed by atoms with van der Waals surface area (Å²) in [6.45, 7) is -0.540. The molecule has 0 bridgehead atoms. The Hall–Kier alpha value is 1.13. The summed E-state index contributed by atoms with van der Waals surface area (Å²) in [7, 11) is -5.15. The minimum absolute atomic E-state index is 0. The fourth-order valence-electron chi connectivity index (χ4n) is 1.81. The molecule has 0 aromatic rings. The average Bonchev–Trinajstić information content (AvgIpc) is 2.42. The van der Waals surface area contributed by atoms with E-state index >= 15 is 0 Å². The second kappa shape index (κ2) is 13.3. The van der Waals surface area contributed by atoms with Crippen LogP contribution in [0.4, 0.5) is 26.3 Å². The van der Waals surface area contributed by atoms with Gasteiger partial charge in [-0.15, -0.1) is 0 Å². The van der Waals surface area contributed by atoms with E-state index in [0.717, 1.165) is 0 Å². The second-order valence-corrected chi connectivity index (χ2v) is 6.43. The van der Waals surface area contributed by atoms with Gasteiger partial charge in [-0.3, -0.25) is 4.39 Å². The summed E-state index contributed by atoms with van der Waals surface area (Å²) in [5, 5.41) is 0. The molecule has 0 amide bonds. The molecule has 0 fully saturated rings. The number of halogens is 6. The van der Waals surface area contributed by atoms with Gasteiger partial charge in [-0.25, -0.2) is 30.4 Å². The van der Waals surface area contributed by atoms with Crippen LogP contribution in [0.25, 0.3) is 0 Å². The van der Waals surface area contributed by atoms with Crippen molar-refractivity contribution in [1.82, 2.24) is 0 Å². The molecule has 3 nitrogen and oxygen atoms in total. The SMILES string of the molecule is O=S(=O)([O-])CC(F)C(F)C(F)C(F)C(F)CCCCCCF.[K+]. The van der Waals surface area contributed by atoms with Gasteiger partial charge < -0.3 is 4.55 Å². The maximum atomic E-state index is 13.4. The molecule has 5 unspecified atom stereocenters. The Labute approximate surface area is 174 Å². The molecule has 134 valence electrons. The summed E-state index contributed by atoms with van der Waals surface area (Å²) in [5.41, 5.74) is 0. The minimum atomic E-state index is -5.15. The summed E-state index contributed by atoms with van der Waals surface area (Å²) in [6, 6.07) is 0. The van der Waals surface area contributed by atoms with Crippen LogP contribution in [0.15, 0.2) is 0 Å². The predicted octanol–water partition coefficient (Wildman–Crippen LogP) is 0.146. The zero-order chi connectivity index (χ0) is 17.3. The van der Waals surface area contributed by atoms with Gasteiger partial charge >= 0.3 is 51.4 Å². The van der Waals surface area contributed by atoms with Gasteiger partial charge in [0.25, 0.3) is 0 Å². The zero-order valence-electron chi connectivity index (χ0n) is 12.7. The maximum absolute atomic E-state index is 13.4. The largest absolute Gasteiger partial charge is 1.00 e. The Bertz CT molecular complexity index is 400. The molecule has 0 N–H and O–H groups in total. The zero-order valence-corrected chi connectivity index (χ0v) is 16.7. The van der Waals surface area contributed by atoms with Crippen LogP contribution in [-0.4, -0.2) is 56.3 Å². The maximum Gasteiger partial charge on any atom is 1.00 e. The fraction of sp³-hybridized carbons (Fsp3) is 1.00. The Balaban J connectivity index is 0. The number of rotatable bonds is 12. The van der Waals surface area contributed by atoms with E-state index in [1.54, 1.807) is 0 Å². The van der Waals surface area contributed by atoms with E-state index in [1.807, 2.05) is 0 Å². The van der Waals surface area contributed by atoms with Crippen molar-refractivity contribution in [3.05, 3.63) is 0 Å². The van der Waals surface area contributed by atoms with E-state index < -0.39 is 59.8 Å². The fourth-order valence-corrected chi connectivity index (χ4v) is 2.38. The van der Waals surface area contributed by atoms with Gasteiger partial charge in [0.05, 0.1) is 22.5 Å². The molecule has 5 atom stereocenters. The third kappa shape index (κ3) is 12.2. The molecule has 0 heterocycles. The predicted molar refractivity (Wildman–Crippen MR) is 68.1 cm³/mol. The van der Waals surface area contributed by atoms with Crippen molar-refractivity contribution in [2.24, 2.45) is 0 Å². The average molecular weight is 396 g/mol. The van der Waals surface area contributed by atoms with Gasteiger partial charge in [0, 0.05) is 0 Å². The van der Waals surface area contributed by atoms with Crippen LogP contribution in [-0.2, 0) is 10.1 Å². The van der Waals surface area contributed by atoms with E-state index in [2.05, 4.69) is 0 Å². The van der Waals surface area contributed by atoms with E-state index in [-0.39, 0.29) is 64.2 Å². The summed E-state index contributed by atoms with van der Waals surface area (Å²) < 4.78 is 109. The molecule has 0 spiro atoms. The van der Waals surface area contributed by atoms with Crippen molar-refractivity contribution < 1.29 is 90.7 Å². The van der Waals surface area contributed by atoms with E-state index in [9.17, 15) is 39.3 Å². The molecule has 0 aromatic heterocycles. The van der Waals surface area contributed by atoms with Gasteiger partial charge in [0.15, 0.2) is 18.5 Å². The molecule has 23 heavy (non-hydrogen) atoms. The number of hydrogen-bond donors (Lipinski definition) is 0. The van der Waals surface area contributed by atoms with Crippen molar-refractivity contribution in [1.29, 1.82) is 0 Å². The summed E-state index contributed by atoms with van der Waals surface area (Å²) >= 11 is 0. The van der Waals surface area contributed by atoms with E-state index in [1.165, 1.54) is 0 Å².